The molecule has 0 aliphatic heterocycles. The molecule has 0 saturated carbocycles. The first-order valence-electron chi connectivity index (χ1n) is 19.1. The number of nitrogens with one attached hydrogen (secondary N) is 1. The van der Waals surface area contributed by atoms with Crippen LogP contribution in [0.5, 0.6) is 0 Å². The summed E-state index contributed by atoms with van der Waals surface area (Å²) in [6.45, 7) is 0. The molecule has 3 nitrogen and oxygen atoms in total. The summed E-state index contributed by atoms with van der Waals surface area (Å²) in [7, 11) is 0. The van der Waals surface area contributed by atoms with E-state index in [0.717, 1.165) is 61.4 Å². The first-order chi connectivity index (χ1) is 28.2. The lowest BCUT2D eigenvalue weighted by Gasteiger charge is -2.11. The maximum absolute atomic E-state index is 9.16. The molecular formula is C53H35N3S. The van der Waals surface area contributed by atoms with Crippen molar-refractivity contribution in [3.05, 3.63) is 217 Å². The van der Waals surface area contributed by atoms with Crippen LogP contribution in [-0.4, -0.2) is 16.9 Å². The number of benzene rings is 8. The van der Waals surface area contributed by atoms with Crippen LogP contribution in [0.25, 0.3) is 81.1 Å². The van der Waals surface area contributed by atoms with Gasteiger partial charge in [-0.15, -0.1) is 11.3 Å². The Hall–Kier alpha value is -7.27. The van der Waals surface area contributed by atoms with Gasteiger partial charge in [0.15, 0.2) is 0 Å². The number of hydrogen-bond donors (Lipinski definition) is 1. The smallest absolute Gasteiger partial charge is 0.0802 e. The van der Waals surface area contributed by atoms with E-state index in [1.54, 1.807) is 0 Å². The van der Waals surface area contributed by atoms with E-state index < -0.39 is 0 Å². The number of hydrogen-bond acceptors (Lipinski definition) is 4. The van der Waals surface area contributed by atoms with Gasteiger partial charge < -0.3 is 5.41 Å². The van der Waals surface area contributed by atoms with Crippen LogP contribution < -0.4 is 0 Å². The number of nitrogens with zero attached hydrogens (tertiary/aromatic N) is 2. The highest BCUT2D eigenvalue weighted by atomic mass is 32.1. The fraction of sp³-hybridized carbons (Fsp3) is 0. The van der Waals surface area contributed by atoms with Gasteiger partial charge in [0.2, 0.25) is 0 Å². The molecule has 0 atom stereocenters. The third-order valence-corrected chi connectivity index (χ3v) is 11.8. The van der Waals surface area contributed by atoms with Gasteiger partial charge >= 0.3 is 0 Å². The lowest BCUT2D eigenvalue weighted by Crippen LogP contribution is -1.97. The molecular weight excluding hydrogens is 711 g/mol. The Kier molecular flexibility index (Phi) is 8.86. The fourth-order valence-electron chi connectivity index (χ4n) is 7.68. The number of fused-ring (bicyclic) bond motifs is 7. The Morgan fingerprint density at radius 3 is 1.93 bits per heavy atom. The average molecular weight is 746 g/mol. The van der Waals surface area contributed by atoms with E-state index in [1.165, 1.54) is 36.3 Å². The number of thiophene rings is 1. The Morgan fingerprint density at radius 1 is 0.509 bits per heavy atom. The van der Waals surface area contributed by atoms with Crippen LogP contribution in [-0.2, 0) is 0 Å². The first-order valence-corrected chi connectivity index (χ1v) is 19.9. The first kappa shape index (κ1) is 34.2. The van der Waals surface area contributed by atoms with Crippen molar-refractivity contribution >= 4 is 70.8 Å². The molecule has 0 radical (unpaired) electrons. The quantitative estimate of drug-likeness (QED) is 0.122. The summed E-state index contributed by atoms with van der Waals surface area (Å²) in [6, 6.07) is 67.4. The van der Waals surface area contributed by atoms with E-state index in [-0.39, 0.29) is 0 Å². The molecule has 0 aliphatic rings. The van der Waals surface area contributed by atoms with Crippen LogP contribution in [0.4, 0.5) is 0 Å². The number of aliphatic imine (C=N–C) groups is 1. The second kappa shape index (κ2) is 14.8. The second-order valence-electron chi connectivity index (χ2n) is 14.2. The van der Waals surface area contributed by atoms with Gasteiger partial charge in [0.1, 0.15) is 0 Å². The van der Waals surface area contributed by atoms with Crippen LogP contribution in [0, 0.1) is 5.41 Å². The number of rotatable bonds is 8. The van der Waals surface area contributed by atoms with E-state index in [9.17, 15) is 0 Å². The number of aromatic nitrogens is 1. The van der Waals surface area contributed by atoms with Crippen LogP contribution >= 0.6 is 11.3 Å². The highest BCUT2D eigenvalue weighted by Crippen LogP contribution is 2.44. The van der Waals surface area contributed by atoms with E-state index in [4.69, 9.17) is 15.4 Å². The van der Waals surface area contributed by atoms with E-state index in [2.05, 4.69) is 133 Å². The summed E-state index contributed by atoms with van der Waals surface area (Å²) in [5.74, 6) is 0. The minimum absolute atomic E-state index is 0.393. The monoisotopic (exact) mass is 745 g/mol. The lowest BCUT2D eigenvalue weighted by atomic mass is 9.97. The molecule has 10 aromatic rings. The van der Waals surface area contributed by atoms with Gasteiger partial charge in [-0.3, -0.25) is 4.99 Å². The van der Waals surface area contributed by atoms with Crippen LogP contribution in [0.1, 0.15) is 16.7 Å². The van der Waals surface area contributed by atoms with Crippen molar-refractivity contribution in [1.29, 1.82) is 5.41 Å². The summed E-state index contributed by atoms with van der Waals surface area (Å²) in [4.78, 5) is 10.3. The van der Waals surface area contributed by atoms with Gasteiger partial charge in [-0.05, 0) is 68.4 Å². The Bertz CT molecular complexity index is 3160. The van der Waals surface area contributed by atoms with Crippen molar-refractivity contribution < 1.29 is 0 Å². The number of pyridine rings is 1. The molecule has 10 rings (SSSR count). The van der Waals surface area contributed by atoms with Crippen molar-refractivity contribution in [3.63, 3.8) is 0 Å². The van der Waals surface area contributed by atoms with Crippen molar-refractivity contribution in [1.82, 2.24) is 4.98 Å². The van der Waals surface area contributed by atoms with Gasteiger partial charge in [-0.25, -0.2) is 4.98 Å². The summed E-state index contributed by atoms with van der Waals surface area (Å²) >= 11 is 1.85. The molecule has 0 unspecified atom stereocenters. The summed E-state index contributed by atoms with van der Waals surface area (Å²) in [5.41, 5.74) is 11.4. The predicted octanol–water partition coefficient (Wildman–Crippen LogP) is 14.3. The van der Waals surface area contributed by atoms with Crippen molar-refractivity contribution in [2.45, 2.75) is 0 Å². The van der Waals surface area contributed by atoms with Crippen LogP contribution in [0.3, 0.4) is 0 Å². The molecule has 0 aliphatic carbocycles. The molecule has 1 N–H and O–H groups in total. The summed E-state index contributed by atoms with van der Waals surface area (Å²) in [5, 5.41) is 15.3. The van der Waals surface area contributed by atoms with Gasteiger partial charge in [-0.2, -0.15) is 0 Å². The third kappa shape index (κ3) is 6.63. The Labute approximate surface area is 335 Å². The molecule has 0 saturated heterocycles. The second-order valence-corrected chi connectivity index (χ2v) is 15.2. The molecule has 0 fully saturated rings. The maximum atomic E-state index is 9.16. The van der Waals surface area contributed by atoms with Crippen LogP contribution in [0.15, 0.2) is 205 Å². The zero-order valence-corrected chi connectivity index (χ0v) is 31.7. The topological polar surface area (TPSA) is 49.1 Å². The van der Waals surface area contributed by atoms with E-state index >= 15 is 0 Å². The zero-order chi connectivity index (χ0) is 38.1. The van der Waals surface area contributed by atoms with Gasteiger partial charge in [0.25, 0.3) is 0 Å². The molecule has 2 heterocycles. The van der Waals surface area contributed by atoms with E-state index in [1.807, 2.05) is 84.3 Å². The molecule has 4 heteroatoms. The Morgan fingerprint density at radius 2 is 1.14 bits per heavy atom. The SMILES string of the molecule is N=C(/C=C(\N=Cc1ccccc1)c1cccc(-c2ccccc2)c1)c1ccc(-c2ccc(-c3nc4ccc5ccccc5c4c4sc5ccccc5c34)cc2)cc1. The van der Waals surface area contributed by atoms with Crippen LogP contribution in [0.2, 0.25) is 0 Å². The maximum Gasteiger partial charge on any atom is 0.0802 e. The Balaban J connectivity index is 0.974. The molecule has 2 aromatic heterocycles. The zero-order valence-electron chi connectivity index (χ0n) is 30.9. The van der Waals surface area contributed by atoms with Gasteiger partial charge in [0.05, 0.1) is 22.6 Å². The van der Waals surface area contributed by atoms with Crippen molar-refractivity contribution in [2.24, 2.45) is 4.99 Å². The van der Waals surface area contributed by atoms with E-state index in [0.29, 0.717) is 5.71 Å². The molecule has 0 bridgehead atoms. The molecule has 0 spiro atoms. The highest BCUT2D eigenvalue weighted by Gasteiger charge is 2.18. The number of allylic oxidation sites excluding steroid dienone is 1. The predicted molar refractivity (Wildman–Crippen MR) is 244 cm³/mol. The lowest BCUT2D eigenvalue weighted by molar-refractivity contribution is 1.44. The normalized spacial score (nSPS) is 12.0. The van der Waals surface area contributed by atoms with Gasteiger partial charge in [-0.1, -0.05) is 176 Å². The summed E-state index contributed by atoms with van der Waals surface area (Å²) in [6.07, 6.45) is 3.73. The van der Waals surface area contributed by atoms with Crippen molar-refractivity contribution in [3.8, 4) is 33.5 Å². The minimum Gasteiger partial charge on any atom is -0.300 e. The molecule has 268 valence electrons. The highest BCUT2D eigenvalue weighted by molar-refractivity contribution is 7.27. The van der Waals surface area contributed by atoms with Crippen molar-refractivity contribution in [2.75, 3.05) is 0 Å². The molecule has 57 heavy (non-hydrogen) atoms. The molecule has 0 amide bonds. The largest absolute Gasteiger partial charge is 0.300 e. The molecule has 8 aromatic carbocycles. The average Bonchev–Trinajstić information content (AvgIpc) is 3.68. The van der Waals surface area contributed by atoms with Gasteiger partial charge in [0, 0.05) is 42.9 Å². The fourth-order valence-corrected chi connectivity index (χ4v) is 8.96. The summed E-state index contributed by atoms with van der Waals surface area (Å²) < 4.78 is 2.55. The third-order valence-electron chi connectivity index (χ3n) is 10.6. The standard InChI is InChI=1S/C53H35N3S/c54-46(33-48(55-34-35-12-3-1-4-13-35)43-18-11-17-42(32-43)36-14-5-2-6-15-36)40-26-22-37(23-27-40)38-24-28-41(29-25-38)52-51-45-20-9-10-21-49(45)57-53(51)50-44-19-8-7-16-39(44)30-31-47(50)56-52/h1-34,54H/b48-33-,54-46?,55-34?. The minimum atomic E-state index is 0.393.